The van der Waals surface area contributed by atoms with Crippen LogP contribution in [-0.2, 0) is 23.1 Å². The molecule has 0 aliphatic heterocycles. The van der Waals surface area contributed by atoms with Gasteiger partial charge in [0.05, 0.1) is 12.8 Å². The molecule has 0 aliphatic rings. The van der Waals surface area contributed by atoms with Gasteiger partial charge < -0.3 is 13.8 Å². The van der Waals surface area contributed by atoms with Crippen LogP contribution in [0, 0.1) is 0 Å². The van der Waals surface area contributed by atoms with Crippen LogP contribution in [-0.4, -0.2) is 33.0 Å². The average Bonchev–Trinajstić information content (AvgIpc) is 2.49. The molecule has 0 radical (unpaired) electrons. The molecule has 7 heteroatoms. The maximum atomic E-state index is 12.2. The van der Waals surface area contributed by atoms with E-state index >= 15 is 0 Å². The van der Waals surface area contributed by atoms with Gasteiger partial charge in [0.1, 0.15) is 0 Å². The van der Waals surface area contributed by atoms with Crippen molar-refractivity contribution in [3.05, 3.63) is 40.4 Å². The lowest BCUT2D eigenvalue weighted by atomic mass is 10.1. The monoisotopic (exact) mass is 332 g/mol. The Bertz CT molecular complexity index is 545. The number of hydrogen-bond donors (Lipinski definition) is 0. The predicted molar refractivity (Wildman–Crippen MR) is 82.6 cm³/mol. The first-order valence-corrected chi connectivity index (χ1v) is 8.38. The Hall–Kier alpha value is -1.13. The fraction of sp³-hybridized carbons (Fsp3) is 0.357. The van der Waals surface area contributed by atoms with E-state index in [-0.39, 0.29) is 18.3 Å². The second kappa shape index (κ2) is 8.35. The van der Waals surface area contributed by atoms with Crippen molar-refractivity contribution in [3.8, 4) is 0 Å². The van der Waals surface area contributed by atoms with E-state index in [4.69, 9.17) is 25.4 Å². The molecule has 1 aromatic rings. The molecular weight excluding hydrogens is 315 g/mol. The third-order valence-electron chi connectivity index (χ3n) is 2.67. The van der Waals surface area contributed by atoms with Crippen LogP contribution in [0.5, 0.6) is 0 Å². The van der Waals surface area contributed by atoms with Gasteiger partial charge in [-0.1, -0.05) is 23.7 Å². The van der Waals surface area contributed by atoms with Gasteiger partial charge in [0, 0.05) is 24.8 Å². The van der Waals surface area contributed by atoms with Gasteiger partial charge in [-0.15, -0.1) is 0 Å². The van der Waals surface area contributed by atoms with Crippen molar-refractivity contribution < 1.29 is 23.1 Å². The second-order valence-corrected chi connectivity index (χ2v) is 6.78. The van der Waals surface area contributed by atoms with Crippen LogP contribution in [0.4, 0.5) is 0 Å². The molecular formula is C14H18ClO5P. The molecule has 0 amide bonds. The first kappa shape index (κ1) is 17.9. The summed E-state index contributed by atoms with van der Waals surface area (Å²) in [6, 6.07) is 6.88. The smallest absolute Gasteiger partial charge is 0.334 e. The van der Waals surface area contributed by atoms with Crippen LogP contribution in [0.2, 0.25) is 5.02 Å². The van der Waals surface area contributed by atoms with Gasteiger partial charge in [0.2, 0.25) is 0 Å². The number of benzene rings is 1. The lowest BCUT2D eigenvalue weighted by Crippen LogP contribution is -2.12. The number of ether oxygens (including phenoxy) is 1. The highest BCUT2D eigenvalue weighted by atomic mass is 35.5. The van der Waals surface area contributed by atoms with E-state index in [1.165, 1.54) is 14.2 Å². The molecule has 0 saturated carbocycles. The number of hydrogen-bond acceptors (Lipinski definition) is 5. The van der Waals surface area contributed by atoms with Crippen molar-refractivity contribution >= 4 is 31.2 Å². The van der Waals surface area contributed by atoms with Crippen molar-refractivity contribution in [2.24, 2.45) is 0 Å². The number of esters is 1. The summed E-state index contributed by atoms with van der Waals surface area (Å²) < 4.78 is 26.9. The van der Waals surface area contributed by atoms with Gasteiger partial charge in [-0.2, -0.15) is 0 Å². The maximum Gasteiger partial charge on any atom is 0.334 e. The highest BCUT2D eigenvalue weighted by molar-refractivity contribution is 7.54. The summed E-state index contributed by atoms with van der Waals surface area (Å²) in [6.45, 7) is 1.92. The molecule has 5 nitrogen and oxygen atoms in total. The summed E-state index contributed by atoms with van der Waals surface area (Å²) in [6.07, 6.45) is 1.42. The molecule has 1 rings (SSSR count). The third-order valence-corrected chi connectivity index (χ3v) is 4.76. The topological polar surface area (TPSA) is 61.8 Å². The Morgan fingerprint density at radius 3 is 2.29 bits per heavy atom. The Balaban J connectivity index is 3.10. The minimum Gasteiger partial charge on any atom is -0.463 e. The van der Waals surface area contributed by atoms with E-state index < -0.39 is 13.6 Å². The van der Waals surface area contributed by atoms with E-state index in [1.807, 2.05) is 0 Å². The molecule has 0 N–H and O–H groups in total. The number of halogens is 1. The summed E-state index contributed by atoms with van der Waals surface area (Å²) in [5, 5.41) is 0.587. The fourth-order valence-corrected chi connectivity index (χ4v) is 2.74. The summed E-state index contributed by atoms with van der Waals surface area (Å²) in [5.74, 6) is -0.554. The van der Waals surface area contributed by atoms with Gasteiger partial charge in [-0.3, -0.25) is 4.57 Å². The molecule has 0 fully saturated rings. The lowest BCUT2D eigenvalue weighted by molar-refractivity contribution is -0.138. The van der Waals surface area contributed by atoms with Gasteiger partial charge in [-0.05, 0) is 30.7 Å². The first-order chi connectivity index (χ1) is 9.94. The normalized spacial score (nSPS) is 12.3. The van der Waals surface area contributed by atoms with E-state index in [0.29, 0.717) is 5.02 Å². The number of rotatable bonds is 7. The van der Waals surface area contributed by atoms with Gasteiger partial charge in [0.15, 0.2) is 0 Å². The zero-order valence-electron chi connectivity index (χ0n) is 12.2. The molecule has 0 heterocycles. The zero-order valence-corrected chi connectivity index (χ0v) is 13.8. The van der Waals surface area contributed by atoms with Crippen molar-refractivity contribution in [1.82, 2.24) is 0 Å². The van der Waals surface area contributed by atoms with Crippen molar-refractivity contribution in [1.29, 1.82) is 0 Å². The molecule has 0 atom stereocenters. The lowest BCUT2D eigenvalue weighted by Gasteiger charge is -2.15. The first-order valence-electron chi connectivity index (χ1n) is 6.28. The fourth-order valence-electron chi connectivity index (χ4n) is 1.57. The molecule has 0 unspecified atom stereocenters. The average molecular weight is 333 g/mol. The molecule has 1 aromatic carbocycles. The van der Waals surface area contributed by atoms with Crippen molar-refractivity contribution in [2.75, 3.05) is 27.0 Å². The molecule has 0 aromatic heterocycles. The van der Waals surface area contributed by atoms with E-state index in [0.717, 1.165) is 5.56 Å². The number of carbonyl (C=O) groups excluding carboxylic acids is 1. The predicted octanol–water partition coefficient (Wildman–Crippen LogP) is 3.77. The highest BCUT2D eigenvalue weighted by Crippen LogP contribution is 2.48. The summed E-state index contributed by atoms with van der Waals surface area (Å²) in [4.78, 5) is 12.0. The largest absolute Gasteiger partial charge is 0.463 e. The summed E-state index contributed by atoms with van der Waals surface area (Å²) in [5.41, 5.74) is 0.951. The standard InChI is InChI=1S/C14H18ClO5P/c1-4-20-14(16)12(10-21(17,18-2)19-3)9-11-5-7-13(15)8-6-11/h5-9H,4,10H2,1-3H3/b12-9-. The maximum absolute atomic E-state index is 12.2. The minimum absolute atomic E-state index is 0.165. The molecule has 0 aliphatic carbocycles. The molecule has 21 heavy (non-hydrogen) atoms. The van der Waals surface area contributed by atoms with Gasteiger partial charge in [-0.25, -0.2) is 4.79 Å². The molecule has 0 saturated heterocycles. The van der Waals surface area contributed by atoms with Crippen LogP contribution >= 0.6 is 19.2 Å². The van der Waals surface area contributed by atoms with Crippen molar-refractivity contribution in [3.63, 3.8) is 0 Å². The van der Waals surface area contributed by atoms with E-state index in [2.05, 4.69) is 0 Å². The highest BCUT2D eigenvalue weighted by Gasteiger charge is 2.27. The van der Waals surface area contributed by atoms with Gasteiger partial charge in [0.25, 0.3) is 0 Å². The van der Waals surface area contributed by atoms with Crippen molar-refractivity contribution in [2.45, 2.75) is 6.92 Å². The van der Waals surface area contributed by atoms with E-state index in [9.17, 15) is 9.36 Å². The summed E-state index contributed by atoms with van der Waals surface area (Å²) in [7, 11) is -0.810. The second-order valence-electron chi connectivity index (χ2n) is 4.08. The minimum atomic E-state index is -3.36. The SMILES string of the molecule is CCOC(=O)/C(=C\c1ccc(Cl)cc1)CP(=O)(OC)OC. The van der Waals surface area contributed by atoms with Crippen LogP contribution in [0.3, 0.4) is 0 Å². The van der Waals surface area contributed by atoms with Crippen LogP contribution in [0.25, 0.3) is 6.08 Å². The van der Waals surface area contributed by atoms with Crippen LogP contribution < -0.4 is 0 Å². The Labute approximate surface area is 129 Å². The van der Waals surface area contributed by atoms with Crippen LogP contribution in [0.15, 0.2) is 29.8 Å². The molecule has 0 spiro atoms. The van der Waals surface area contributed by atoms with E-state index in [1.54, 1.807) is 37.3 Å². The zero-order chi connectivity index (χ0) is 15.9. The quantitative estimate of drug-likeness (QED) is 0.432. The summed E-state index contributed by atoms with van der Waals surface area (Å²) >= 11 is 5.82. The Morgan fingerprint density at radius 1 is 1.24 bits per heavy atom. The van der Waals surface area contributed by atoms with Crippen LogP contribution in [0.1, 0.15) is 12.5 Å². The Kier molecular flexibility index (Phi) is 7.12. The Morgan fingerprint density at radius 2 is 1.81 bits per heavy atom. The van der Waals surface area contributed by atoms with Gasteiger partial charge >= 0.3 is 13.6 Å². The number of carbonyl (C=O) groups is 1. The molecule has 116 valence electrons. The molecule has 0 bridgehead atoms. The third kappa shape index (κ3) is 5.64.